The molecule has 23 heavy (non-hydrogen) atoms. The topological polar surface area (TPSA) is 89.4 Å². The monoisotopic (exact) mass is 339 g/mol. The molecule has 1 fully saturated rings. The molecule has 1 aliphatic carbocycles. The molecule has 1 aromatic rings. The molecule has 128 valence electrons. The van der Waals surface area contributed by atoms with Gasteiger partial charge in [-0.2, -0.15) is 0 Å². The van der Waals surface area contributed by atoms with Gasteiger partial charge in [0, 0.05) is 30.6 Å². The fraction of sp³-hybridized carbons (Fsp3) is 0.529. The van der Waals surface area contributed by atoms with Crippen LogP contribution in [0, 0.1) is 12.8 Å². The standard InChI is InChI=1S/C17H25N3O2.ClH/c1-12-4-2-7-15(10-12)20(9-8-16(19)21)17(22)13-5-3-6-14(18)11-13;/h2,4,7,10,13-14H,3,5-6,8-9,11,18H2,1H3,(H2,19,21);1H. The first-order valence-corrected chi connectivity index (χ1v) is 7.89. The molecule has 2 atom stereocenters. The van der Waals surface area contributed by atoms with E-state index < -0.39 is 5.91 Å². The van der Waals surface area contributed by atoms with E-state index in [1.165, 1.54) is 0 Å². The van der Waals surface area contributed by atoms with E-state index in [0.29, 0.717) is 6.54 Å². The Labute approximate surface area is 143 Å². The van der Waals surface area contributed by atoms with Crippen molar-refractivity contribution in [1.82, 2.24) is 0 Å². The van der Waals surface area contributed by atoms with Crippen LogP contribution in [-0.4, -0.2) is 24.4 Å². The van der Waals surface area contributed by atoms with Gasteiger partial charge in [-0.25, -0.2) is 0 Å². The Balaban J connectivity index is 0.00000264. The average Bonchev–Trinajstić information content (AvgIpc) is 2.47. The lowest BCUT2D eigenvalue weighted by Gasteiger charge is -2.31. The summed E-state index contributed by atoms with van der Waals surface area (Å²) in [6.07, 6.45) is 3.71. The number of hydrogen-bond donors (Lipinski definition) is 2. The summed E-state index contributed by atoms with van der Waals surface area (Å²) >= 11 is 0. The van der Waals surface area contributed by atoms with Crippen molar-refractivity contribution in [2.75, 3.05) is 11.4 Å². The van der Waals surface area contributed by atoms with E-state index in [1.54, 1.807) is 4.90 Å². The molecule has 0 bridgehead atoms. The van der Waals surface area contributed by atoms with Crippen molar-refractivity contribution < 1.29 is 9.59 Å². The summed E-state index contributed by atoms with van der Waals surface area (Å²) in [6, 6.07) is 7.85. The minimum Gasteiger partial charge on any atom is -0.370 e. The Bertz CT molecular complexity index is 550. The molecule has 1 aliphatic rings. The molecular formula is C17H26ClN3O2. The number of carbonyl (C=O) groups excluding carboxylic acids is 2. The van der Waals surface area contributed by atoms with Gasteiger partial charge < -0.3 is 16.4 Å². The number of aryl methyl sites for hydroxylation is 1. The highest BCUT2D eigenvalue weighted by molar-refractivity contribution is 5.95. The molecule has 0 spiro atoms. The van der Waals surface area contributed by atoms with Gasteiger partial charge in [-0.15, -0.1) is 12.4 Å². The summed E-state index contributed by atoms with van der Waals surface area (Å²) < 4.78 is 0. The molecule has 2 amide bonds. The van der Waals surface area contributed by atoms with Crippen LogP contribution in [0.4, 0.5) is 5.69 Å². The van der Waals surface area contributed by atoms with Gasteiger partial charge in [0.15, 0.2) is 0 Å². The second-order valence-corrected chi connectivity index (χ2v) is 6.17. The van der Waals surface area contributed by atoms with E-state index >= 15 is 0 Å². The fourth-order valence-corrected chi connectivity index (χ4v) is 3.06. The number of halogens is 1. The van der Waals surface area contributed by atoms with Crippen LogP contribution in [0.2, 0.25) is 0 Å². The maximum absolute atomic E-state index is 12.9. The van der Waals surface area contributed by atoms with Crippen LogP contribution >= 0.6 is 12.4 Å². The Morgan fingerprint density at radius 1 is 1.30 bits per heavy atom. The normalized spacial score (nSPS) is 20.4. The molecule has 6 heteroatoms. The van der Waals surface area contributed by atoms with Crippen molar-refractivity contribution in [1.29, 1.82) is 0 Å². The summed E-state index contributed by atoms with van der Waals surface area (Å²) in [6.45, 7) is 2.31. The van der Waals surface area contributed by atoms with E-state index in [2.05, 4.69) is 0 Å². The number of rotatable bonds is 5. The molecule has 0 radical (unpaired) electrons. The number of primary amides is 1. The Morgan fingerprint density at radius 2 is 2.04 bits per heavy atom. The lowest BCUT2D eigenvalue weighted by molar-refractivity contribution is -0.123. The minimum atomic E-state index is -0.397. The molecule has 4 N–H and O–H groups in total. The van der Waals surface area contributed by atoms with Gasteiger partial charge >= 0.3 is 0 Å². The van der Waals surface area contributed by atoms with E-state index in [-0.39, 0.29) is 36.7 Å². The van der Waals surface area contributed by atoms with Crippen LogP contribution in [0.1, 0.15) is 37.7 Å². The van der Waals surface area contributed by atoms with Crippen LogP contribution < -0.4 is 16.4 Å². The third-order valence-electron chi connectivity index (χ3n) is 4.23. The lowest BCUT2D eigenvalue weighted by Crippen LogP contribution is -2.42. The second-order valence-electron chi connectivity index (χ2n) is 6.17. The highest BCUT2D eigenvalue weighted by Crippen LogP contribution is 2.27. The number of nitrogens with two attached hydrogens (primary N) is 2. The first kappa shape index (κ1) is 19.5. The summed E-state index contributed by atoms with van der Waals surface area (Å²) in [4.78, 5) is 25.7. The largest absolute Gasteiger partial charge is 0.370 e. The van der Waals surface area contributed by atoms with Crippen LogP contribution in [-0.2, 0) is 9.59 Å². The number of benzene rings is 1. The molecule has 2 unspecified atom stereocenters. The first-order valence-electron chi connectivity index (χ1n) is 7.89. The lowest BCUT2D eigenvalue weighted by atomic mass is 9.85. The van der Waals surface area contributed by atoms with Gasteiger partial charge in [0.1, 0.15) is 0 Å². The van der Waals surface area contributed by atoms with Crippen LogP contribution in [0.15, 0.2) is 24.3 Å². The van der Waals surface area contributed by atoms with Crippen LogP contribution in [0.5, 0.6) is 0 Å². The van der Waals surface area contributed by atoms with Crippen molar-refractivity contribution in [2.45, 2.75) is 45.1 Å². The number of hydrogen-bond acceptors (Lipinski definition) is 3. The zero-order valence-electron chi connectivity index (χ0n) is 13.5. The number of nitrogens with zero attached hydrogens (tertiary/aromatic N) is 1. The average molecular weight is 340 g/mol. The third kappa shape index (κ3) is 5.52. The van der Waals surface area contributed by atoms with Crippen molar-refractivity contribution in [2.24, 2.45) is 17.4 Å². The molecule has 1 aromatic carbocycles. The van der Waals surface area contributed by atoms with E-state index in [1.807, 2.05) is 31.2 Å². The van der Waals surface area contributed by atoms with E-state index in [4.69, 9.17) is 11.5 Å². The zero-order chi connectivity index (χ0) is 16.1. The number of carbonyl (C=O) groups is 2. The van der Waals surface area contributed by atoms with Crippen molar-refractivity contribution in [3.8, 4) is 0 Å². The quantitative estimate of drug-likeness (QED) is 0.861. The summed E-state index contributed by atoms with van der Waals surface area (Å²) in [7, 11) is 0. The molecule has 0 saturated heterocycles. The molecule has 0 aromatic heterocycles. The van der Waals surface area contributed by atoms with Crippen LogP contribution in [0.25, 0.3) is 0 Å². The molecular weight excluding hydrogens is 314 g/mol. The van der Waals surface area contributed by atoms with Crippen molar-refractivity contribution in [3.05, 3.63) is 29.8 Å². The summed E-state index contributed by atoms with van der Waals surface area (Å²) in [5.41, 5.74) is 13.2. The maximum Gasteiger partial charge on any atom is 0.230 e. The van der Waals surface area contributed by atoms with Crippen molar-refractivity contribution >= 4 is 29.9 Å². The minimum absolute atomic E-state index is 0. The summed E-state index contributed by atoms with van der Waals surface area (Å²) in [5.74, 6) is -0.398. The highest BCUT2D eigenvalue weighted by atomic mass is 35.5. The Hall–Kier alpha value is -1.59. The van der Waals surface area contributed by atoms with Gasteiger partial charge in [0.25, 0.3) is 0 Å². The van der Waals surface area contributed by atoms with Gasteiger partial charge in [-0.3, -0.25) is 9.59 Å². The molecule has 5 nitrogen and oxygen atoms in total. The van der Waals surface area contributed by atoms with Gasteiger partial charge in [-0.1, -0.05) is 18.6 Å². The van der Waals surface area contributed by atoms with Gasteiger partial charge in [0.05, 0.1) is 0 Å². The Morgan fingerprint density at radius 3 is 2.65 bits per heavy atom. The predicted octanol–water partition coefficient (Wildman–Crippen LogP) is 2.14. The maximum atomic E-state index is 12.9. The zero-order valence-corrected chi connectivity index (χ0v) is 14.3. The van der Waals surface area contributed by atoms with E-state index in [0.717, 1.165) is 36.9 Å². The molecule has 0 heterocycles. The fourth-order valence-electron chi connectivity index (χ4n) is 3.06. The van der Waals surface area contributed by atoms with Crippen LogP contribution in [0.3, 0.4) is 0 Å². The summed E-state index contributed by atoms with van der Waals surface area (Å²) in [5, 5.41) is 0. The van der Waals surface area contributed by atoms with Gasteiger partial charge in [-0.05, 0) is 43.9 Å². The highest BCUT2D eigenvalue weighted by Gasteiger charge is 2.29. The smallest absolute Gasteiger partial charge is 0.230 e. The van der Waals surface area contributed by atoms with Crippen molar-refractivity contribution in [3.63, 3.8) is 0 Å². The molecule has 1 saturated carbocycles. The SMILES string of the molecule is Cc1cccc(N(CCC(N)=O)C(=O)C2CCCC(N)C2)c1.Cl. The molecule has 0 aliphatic heterocycles. The second kappa shape index (κ2) is 8.89. The predicted molar refractivity (Wildman–Crippen MR) is 94.5 cm³/mol. The number of anilines is 1. The Kier molecular flexibility index (Phi) is 7.52. The number of amides is 2. The third-order valence-corrected chi connectivity index (χ3v) is 4.23. The van der Waals surface area contributed by atoms with Gasteiger partial charge in [0.2, 0.25) is 11.8 Å². The van der Waals surface area contributed by atoms with E-state index in [9.17, 15) is 9.59 Å². The first-order chi connectivity index (χ1) is 10.5. The molecule has 2 rings (SSSR count).